The first-order valence-electron chi connectivity index (χ1n) is 7.90. The van der Waals surface area contributed by atoms with Gasteiger partial charge in [-0.15, -0.1) is 0 Å². The third kappa shape index (κ3) is 4.71. The third-order valence-corrected chi connectivity index (χ3v) is 3.93. The molecule has 1 heterocycles. The molecular weight excluding hydrogens is 280 g/mol. The minimum atomic E-state index is 0.115. The van der Waals surface area contributed by atoms with E-state index in [0.29, 0.717) is 19.1 Å². The Morgan fingerprint density at radius 1 is 1.32 bits per heavy atom. The zero-order valence-electron chi connectivity index (χ0n) is 13.5. The number of amides is 1. The van der Waals surface area contributed by atoms with E-state index in [1.165, 1.54) is 0 Å². The number of rotatable bonds is 8. The molecule has 122 valence electrons. The Kier molecular flexibility index (Phi) is 6.68. The van der Waals surface area contributed by atoms with Gasteiger partial charge in [-0.05, 0) is 50.2 Å². The molecule has 0 radical (unpaired) electrons. The van der Waals surface area contributed by atoms with Crippen molar-refractivity contribution >= 4 is 5.91 Å². The highest BCUT2D eigenvalue weighted by molar-refractivity contribution is 5.94. The number of likely N-dealkylation sites (tertiary alicyclic amines) is 1. The maximum absolute atomic E-state index is 12.5. The molecule has 5 heteroatoms. The number of carbonyl (C=O) groups excluding carboxylic acids is 1. The van der Waals surface area contributed by atoms with E-state index in [0.717, 1.165) is 43.8 Å². The standard InChI is InChI=1S/C17H26N2O3/c1-18-12-14-8-9-19(13-14)17(20)15-4-6-16(7-5-15)22-11-3-10-21-2/h4-7,14,18H,3,8-13H2,1-2H3. The first kappa shape index (κ1) is 16.8. The van der Waals surface area contributed by atoms with Gasteiger partial charge in [-0.1, -0.05) is 0 Å². The number of hydrogen-bond donors (Lipinski definition) is 1. The van der Waals surface area contributed by atoms with Gasteiger partial charge in [0.15, 0.2) is 0 Å². The summed E-state index contributed by atoms with van der Waals surface area (Å²) in [4.78, 5) is 14.4. The predicted octanol–water partition coefficient (Wildman–Crippen LogP) is 1.78. The molecular formula is C17H26N2O3. The smallest absolute Gasteiger partial charge is 0.253 e. The highest BCUT2D eigenvalue weighted by atomic mass is 16.5. The maximum atomic E-state index is 12.5. The molecule has 0 aromatic heterocycles. The molecule has 0 bridgehead atoms. The van der Waals surface area contributed by atoms with Crippen LogP contribution >= 0.6 is 0 Å². The van der Waals surface area contributed by atoms with Gasteiger partial charge in [0.05, 0.1) is 6.61 Å². The van der Waals surface area contributed by atoms with Crippen molar-refractivity contribution in [3.8, 4) is 5.75 Å². The van der Waals surface area contributed by atoms with Crippen molar-refractivity contribution in [1.29, 1.82) is 0 Å². The Labute approximate surface area is 132 Å². The van der Waals surface area contributed by atoms with Crippen LogP contribution in [0, 0.1) is 5.92 Å². The molecule has 1 amide bonds. The number of nitrogens with one attached hydrogen (secondary N) is 1. The monoisotopic (exact) mass is 306 g/mol. The average molecular weight is 306 g/mol. The topological polar surface area (TPSA) is 50.8 Å². The molecule has 2 rings (SSSR count). The van der Waals surface area contributed by atoms with Crippen molar-refractivity contribution in [1.82, 2.24) is 10.2 Å². The summed E-state index contributed by atoms with van der Waals surface area (Å²) >= 11 is 0. The number of nitrogens with zero attached hydrogens (tertiary/aromatic N) is 1. The summed E-state index contributed by atoms with van der Waals surface area (Å²) in [5.74, 6) is 1.48. The van der Waals surface area contributed by atoms with Crippen molar-refractivity contribution in [3.63, 3.8) is 0 Å². The van der Waals surface area contributed by atoms with Gasteiger partial charge < -0.3 is 19.7 Å². The van der Waals surface area contributed by atoms with Crippen LogP contribution < -0.4 is 10.1 Å². The van der Waals surface area contributed by atoms with Gasteiger partial charge >= 0.3 is 0 Å². The summed E-state index contributed by atoms with van der Waals surface area (Å²) in [6.07, 6.45) is 1.94. The Morgan fingerprint density at radius 3 is 2.77 bits per heavy atom. The van der Waals surface area contributed by atoms with Crippen molar-refractivity contribution in [2.24, 2.45) is 5.92 Å². The lowest BCUT2D eigenvalue weighted by molar-refractivity contribution is 0.0787. The molecule has 22 heavy (non-hydrogen) atoms. The number of ether oxygens (including phenoxy) is 2. The summed E-state index contributed by atoms with van der Waals surface area (Å²) in [7, 11) is 3.63. The largest absolute Gasteiger partial charge is 0.494 e. The van der Waals surface area contributed by atoms with E-state index < -0.39 is 0 Å². The quantitative estimate of drug-likeness (QED) is 0.744. The molecule has 1 aromatic rings. The first-order valence-corrected chi connectivity index (χ1v) is 7.90. The SMILES string of the molecule is CNCC1CCN(C(=O)c2ccc(OCCCOC)cc2)C1. The lowest BCUT2D eigenvalue weighted by Crippen LogP contribution is -2.30. The zero-order valence-corrected chi connectivity index (χ0v) is 13.5. The van der Waals surface area contributed by atoms with Crippen LogP contribution in [0.15, 0.2) is 24.3 Å². The molecule has 0 saturated carbocycles. The van der Waals surface area contributed by atoms with E-state index in [4.69, 9.17) is 9.47 Å². The van der Waals surface area contributed by atoms with Crippen LogP contribution in [0.3, 0.4) is 0 Å². The normalized spacial score (nSPS) is 17.7. The molecule has 1 aromatic carbocycles. The summed E-state index contributed by atoms with van der Waals surface area (Å²) in [6.45, 7) is 3.98. The minimum absolute atomic E-state index is 0.115. The minimum Gasteiger partial charge on any atom is -0.494 e. The fourth-order valence-electron chi connectivity index (χ4n) is 2.74. The summed E-state index contributed by atoms with van der Waals surface area (Å²) < 4.78 is 10.6. The van der Waals surface area contributed by atoms with Gasteiger partial charge in [-0.25, -0.2) is 0 Å². The van der Waals surface area contributed by atoms with Crippen LogP contribution in [0.2, 0.25) is 0 Å². The zero-order chi connectivity index (χ0) is 15.8. The lowest BCUT2D eigenvalue weighted by atomic mass is 10.1. The van der Waals surface area contributed by atoms with Crippen LogP contribution in [-0.4, -0.2) is 57.8 Å². The second-order valence-electron chi connectivity index (χ2n) is 5.68. The summed E-state index contributed by atoms with van der Waals surface area (Å²) in [5, 5.41) is 3.18. The van der Waals surface area contributed by atoms with Crippen LogP contribution in [0.4, 0.5) is 0 Å². The van der Waals surface area contributed by atoms with Gasteiger partial charge in [-0.2, -0.15) is 0 Å². The van der Waals surface area contributed by atoms with Gasteiger partial charge in [0.25, 0.3) is 5.91 Å². The van der Waals surface area contributed by atoms with Gasteiger partial charge in [0.1, 0.15) is 5.75 Å². The predicted molar refractivity (Wildman–Crippen MR) is 86.4 cm³/mol. The van der Waals surface area contributed by atoms with Crippen LogP contribution in [0.5, 0.6) is 5.75 Å². The fraction of sp³-hybridized carbons (Fsp3) is 0.588. The molecule has 0 aliphatic carbocycles. The van der Waals surface area contributed by atoms with Gasteiger partial charge in [-0.3, -0.25) is 4.79 Å². The highest BCUT2D eigenvalue weighted by Gasteiger charge is 2.26. The molecule has 1 fully saturated rings. The van der Waals surface area contributed by atoms with Crippen LogP contribution in [0.25, 0.3) is 0 Å². The average Bonchev–Trinajstić information content (AvgIpc) is 3.00. The van der Waals surface area contributed by atoms with E-state index in [-0.39, 0.29) is 5.91 Å². The summed E-state index contributed by atoms with van der Waals surface area (Å²) in [5.41, 5.74) is 0.731. The third-order valence-electron chi connectivity index (χ3n) is 3.93. The van der Waals surface area contributed by atoms with E-state index in [2.05, 4.69) is 5.32 Å². The Bertz CT molecular complexity index is 461. The Morgan fingerprint density at radius 2 is 2.09 bits per heavy atom. The number of carbonyl (C=O) groups is 1. The fourth-order valence-corrected chi connectivity index (χ4v) is 2.74. The highest BCUT2D eigenvalue weighted by Crippen LogP contribution is 2.19. The molecule has 1 unspecified atom stereocenters. The molecule has 1 N–H and O–H groups in total. The van der Waals surface area contributed by atoms with E-state index in [9.17, 15) is 4.79 Å². The van der Waals surface area contributed by atoms with Gasteiger partial charge in [0.2, 0.25) is 0 Å². The van der Waals surface area contributed by atoms with Gasteiger partial charge in [0, 0.05) is 38.8 Å². The molecule has 1 aliphatic heterocycles. The molecule has 1 aliphatic rings. The molecule has 5 nitrogen and oxygen atoms in total. The van der Waals surface area contributed by atoms with Crippen LogP contribution in [0.1, 0.15) is 23.2 Å². The lowest BCUT2D eigenvalue weighted by Gasteiger charge is -2.17. The summed E-state index contributed by atoms with van der Waals surface area (Å²) in [6, 6.07) is 7.42. The number of methoxy groups -OCH3 is 1. The van der Waals surface area contributed by atoms with Crippen molar-refractivity contribution < 1.29 is 14.3 Å². The van der Waals surface area contributed by atoms with Crippen molar-refractivity contribution in [2.75, 3.05) is 47.0 Å². The molecule has 1 saturated heterocycles. The van der Waals surface area contributed by atoms with E-state index >= 15 is 0 Å². The maximum Gasteiger partial charge on any atom is 0.253 e. The second-order valence-corrected chi connectivity index (χ2v) is 5.68. The number of hydrogen-bond acceptors (Lipinski definition) is 4. The molecule has 1 atom stereocenters. The second kappa shape index (κ2) is 8.76. The van der Waals surface area contributed by atoms with Crippen LogP contribution in [-0.2, 0) is 4.74 Å². The Balaban J connectivity index is 1.83. The van der Waals surface area contributed by atoms with E-state index in [1.54, 1.807) is 7.11 Å². The first-order chi connectivity index (χ1) is 10.7. The number of benzene rings is 1. The van der Waals surface area contributed by atoms with Crippen molar-refractivity contribution in [2.45, 2.75) is 12.8 Å². The molecule has 0 spiro atoms. The van der Waals surface area contributed by atoms with Crippen molar-refractivity contribution in [3.05, 3.63) is 29.8 Å². The van der Waals surface area contributed by atoms with E-state index in [1.807, 2.05) is 36.2 Å². The Hall–Kier alpha value is -1.59.